The summed E-state index contributed by atoms with van der Waals surface area (Å²) in [5.41, 5.74) is 4.72. The second-order valence-electron chi connectivity index (χ2n) is 6.41. The van der Waals surface area contributed by atoms with Crippen molar-refractivity contribution in [1.29, 1.82) is 0 Å². The molecule has 126 valence electrons. The normalized spacial score (nSPS) is 18.2. The third kappa shape index (κ3) is 4.31. The van der Waals surface area contributed by atoms with Gasteiger partial charge in [0.2, 0.25) is 0 Å². The number of thiol groups is 1. The third-order valence-electron chi connectivity index (χ3n) is 4.38. The van der Waals surface area contributed by atoms with Crippen LogP contribution in [0.3, 0.4) is 0 Å². The van der Waals surface area contributed by atoms with Crippen molar-refractivity contribution in [2.24, 2.45) is 0 Å². The number of nitrogens with zero attached hydrogens (tertiary/aromatic N) is 1. The summed E-state index contributed by atoms with van der Waals surface area (Å²) in [5.74, 6) is 0. The van der Waals surface area contributed by atoms with E-state index in [4.69, 9.17) is 12.6 Å². The number of fused-ring (bicyclic) bond motifs is 1. The molecule has 0 saturated carbocycles. The summed E-state index contributed by atoms with van der Waals surface area (Å²) in [4.78, 5) is 2.15. The summed E-state index contributed by atoms with van der Waals surface area (Å²) in [7, 11) is 2.04. The first-order chi connectivity index (χ1) is 11.5. The Bertz CT molecular complexity index is 746. The van der Waals surface area contributed by atoms with E-state index in [1.54, 1.807) is 0 Å². The van der Waals surface area contributed by atoms with E-state index in [0.29, 0.717) is 6.54 Å². The molecule has 0 aliphatic heterocycles. The molecule has 24 heavy (non-hydrogen) atoms. The maximum Gasteiger partial charge on any atom is 0.0880 e. The van der Waals surface area contributed by atoms with Gasteiger partial charge in [-0.25, -0.2) is 0 Å². The molecular weight excluding hydrogens is 382 g/mol. The van der Waals surface area contributed by atoms with E-state index >= 15 is 0 Å². The van der Waals surface area contributed by atoms with Crippen LogP contribution in [0.15, 0.2) is 58.6 Å². The Morgan fingerprint density at radius 1 is 1.25 bits per heavy atom. The van der Waals surface area contributed by atoms with E-state index in [0.717, 1.165) is 23.0 Å². The number of benzene rings is 2. The number of likely N-dealkylation sites (N-methyl/N-ethyl adjacent to an activating group) is 1. The maximum absolute atomic E-state index is 10.7. The van der Waals surface area contributed by atoms with E-state index in [-0.39, 0.29) is 5.25 Å². The summed E-state index contributed by atoms with van der Waals surface area (Å²) in [5, 5.41) is 10.8. The van der Waals surface area contributed by atoms with Crippen LogP contribution < -0.4 is 0 Å². The summed E-state index contributed by atoms with van der Waals surface area (Å²) < 4.78 is 1.08. The van der Waals surface area contributed by atoms with Crippen LogP contribution in [-0.2, 0) is 6.54 Å². The lowest BCUT2D eigenvalue weighted by atomic mass is 9.89. The van der Waals surface area contributed by atoms with Gasteiger partial charge in [-0.1, -0.05) is 58.4 Å². The topological polar surface area (TPSA) is 23.5 Å². The molecule has 2 aromatic rings. The van der Waals surface area contributed by atoms with Gasteiger partial charge in [-0.05, 0) is 47.9 Å². The van der Waals surface area contributed by atoms with Gasteiger partial charge in [0.1, 0.15) is 0 Å². The molecule has 1 unspecified atom stereocenters. The first-order valence-corrected chi connectivity index (χ1v) is 9.42. The number of aliphatic hydroxyl groups excluding tert-OH is 1. The Kier molecular flexibility index (Phi) is 5.82. The Balaban J connectivity index is 1.67. The summed E-state index contributed by atoms with van der Waals surface area (Å²) in [6, 6.07) is 16.6. The third-order valence-corrected chi connectivity index (χ3v) is 5.33. The lowest BCUT2D eigenvalue weighted by molar-refractivity contribution is 0.148. The zero-order valence-electron chi connectivity index (χ0n) is 13.7. The Hall–Kier alpha value is -1.07. The van der Waals surface area contributed by atoms with Crippen LogP contribution in [0.4, 0.5) is 0 Å². The fraction of sp³-hybridized carbons (Fsp3) is 0.300. The van der Waals surface area contributed by atoms with Crippen molar-refractivity contribution < 1.29 is 5.11 Å². The highest BCUT2D eigenvalue weighted by Crippen LogP contribution is 2.37. The minimum absolute atomic E-state index is 0.159. The quantitative estimate of drug-likeness (QED) is 0.706. The molecule has 3 rings (SSSR count). The van der Waals surface area contributed by atoms with Crippen molar-refractivity contribution in [2.75, 3.05) is 13.6 Å². The molecule has 0 heterocycles. The molecule has 0 saturated heterocycles. The van der Waals surface area contributed by atoms with Crippen molar-refractivity contribution >= 4 is 34.6 Å². The highest BCUT2D eigenvalue weighted by molar-refractivity contribution is 9.10. The molecule has 0 bridgehead atoms. The molecule has 2 atom stereocenters. The van der Waals surface area contributed by atoms with E-state index in [1.165, 1.54) is 16.7 Å². The zero-order chi connectivity index (χ0) is 17.1. The monoisotopic (exact) mass is 403 g/mol. The van der Waals surface area contributed by atoms with Crippen molar-refractivity contribution in [3.8, 4) is 0 Å². The largest absolute Gasteiger partial charge is 0.387 e. The molecule has 0 fully saturated rings. The Morgan fingerprint density at radius 3 is 2.83 bits per heavy atom. The average molecular weight is 404 g/mol. The van der Waals surface area contributed by atoms with E-state index in [1.807, 2.05) is 31.3 Å². The Morgan fingerprint density at radius 2 is 2.04 bits per heavy atom. The first kappa shape index (κ1) is 17.7. The summed E-state index contributed by atoms with van der Waals surface area (Å²) >= 11 is 8.21. The molecule has 0 aromatic heterocycles. The number of rotatable bonds is 5. The second-order valence-corrected chi connectivity index (χ2v) is 7.95. The molecule has 0 amide bonds. The average Bonchev–Trinajstić information content (AvgIpc) is 2.54. The molecular formula is C20H22BrNOS. The van der Waals surface area contributed by atoms with Gasteiger partial charge in [-0.3, -0.25) is 4.90 Å². The highest BCUT2D eigenvalue weighted by Gasteiger charge is 2.23. The van der Waals surface area contributed by atoms with Crippen LogP contribution in [0.1, 0.15) is 28.4 Å². The van der Waals surface area contributed by atoms with Gasteiger partial charge >= 0.3 is 0 Å². The standard InChI is InChI=1S/C20H22BrNOS/c1-22(12-14-5-4-7-17(21)9-14)13-19(23)16-10-15-6-2-3-8-18(15)20(24)11-16/h2-10,19-20,23-24H,11-13H2,1H3/t19?,20-/m0/s1. The molecule has 1 aliphatic carbocycles. The maximum atomic E-state index is 10.7. The molecule has 0 spiro atoms. The lowest BCUT2D eigenvalue weighted by Gasteiger charge is -2.27. The number of hydrogen-bond acceptors (Lipinski definition) is 3. The predicted molar refractivity (Wildman–Crippen MR) is 107 cm³/mol. The van der Waals surface area contributed by atoms with Crippen molar-refractivity contribution in [1.82, 2.24) is 4.90 Å². The van der Waals surface area contributed by atoms with Gasteiger partial charge in [0.15, 0.2) is 0 Å². The van der Waals surface area contributed by atoms with Crippen LogP contribution in [0, 0.1) is 0 Å². The smallest absolute Gasteiger partial charge is 0.0880 e. The Labute approximate surface area is 157 Å². The molecule has 1 N–H and O–H groups in total. The first-order valence-electron chi connectivity index (χ1n) is 8.11. The number of halogens is 1. The number of hydrogen-bond donors (Lipinski definition) is 2. The van der Waals surface area contributed by atoms with E-state index < -0.39 is 6.10 Å². The highest BCUT2D eigenvalue weighted by atomic mass is 79.9. The van der Waals surface area contributed by atoms with E-state index in [9.17, 15) is 5.11 Å². The van der Waals surface area contributed by atoms with Gasteiger partial charge in [0, 0.05) is 22.8 Å². The lowest BCUT2D eigenvalue weighted by Crippen LogP contribution is -2.31. The van der Waals surface area contributed by atoms with Crippen LogP contribution >= 0.6 is 28.6 Å². The molecule has 2 aromatic carbocycles. The van der Waals surface area contributed by atoms with Crippen molar-refractivity contribution in [3.05, 3.63) is 75.3 Å². The van der Waals surface area contributed by atoms with Gasteiger partial charge in [0.25, 0.3) is 0 Å². The zero-order valence-corrected chi connectivity index (χ0v) is 16.2. The van der Waals surface area contributed by atoms with Crippen LogP contribution in [0.25, 0.3) is 6.08 Å². The molecule has 4 heteroatoms. The molecule has 1 aliphatic rings. The van der Waals surface area contributed by atoms with Crippen LogP contribution in [-0.4, -0.2) is 29.7 Å². The summed E-state index contributed by atoms with van der Waals surface area (Å²) in [6.07, 6.45) is 2.45. The molecule has 2 nitrogen and oxygen atoms in total. The minimum Gasteiger partial charge on any atom is -0.387 e. The number of aliphatic hydroxyl groups is 1. The van der Waals surface area contributed by atoms with Gasteiger partial charge in [0.05, 0.1) is 6.10 Å². The molecule has 0 radical (unpaired) electrons. The van der Waals surface area contributed by atoms with Crippen molar-refractivity contribution in [3.63, 3.8) is 0 Å². The van der Waals surface area contributed by atoms with Crippen LogP contribution in [0.5, 0.6) is 0 Å². The SMILES string of the molecule is CN(Cc1cccc(Br)c1)CC(O)C1=Cc2ccccc2[C@@H](S)C1. The fourth-order valence-electron chi connectivity index (χ4n) is 3.19. The second kappa shape index (κ2) is 7.87. The minimum atomic E-state index is -0.467. The predicted octanol–water partition coefficient (Wildman–Crippen LogP) is 4.70. The van der Waals surface area contributed by atoms with Crippen molar-refractivity contribution in [2.45, 2.75) is 24.3 Å². The van der Waals surface area contributed by atoms with Crippen LogP contribution in [0.2, 0.25) is 0 Å². The van der Waals surface area contributed by atoms with Gasteiger partial charge < -0.3 is 5.11 Å². The summed E-state index contributed by atoms with van der Waals surface area (Å²) in [6.45, 7) is 1.42. The van der Waals surface area contributed by atoms with Gasteiger partial charge in [-0.15, -0.1) is 0 Å². The fourth-order valence-corrected chi connectivity index (χ4v) is 4.09. The van der Waals surface area contributed by atoms with Gasteiger partial charge in [-0.2, -0.15) is 12.6 Å². The van der Waals surface area contributed by atoms with E-state index in [2.05, 4.69) is 51.2 Å².